The monoisotopic (exact) mass is 293 g/mol. The van der Waals surface area contributed by atoms with Crippen LogP contribution in [0.25, 0.3) is 6.08 Å². The molecular weight excluding hydrogens is 273 g/mol. The Hall–Kier alpha value is -1.72. The van der Waals surface area contributed by atoms with Crippen molar-refractivity contribution in [2.24, 2.45) is 0 Å². The molecule has 0 spiro atoms. The van der Waals surface area contributed by atoms with Gasteiger partial charge in [-0.2, -0.15) is 0 Å². The van der Waals surface area contributed by atoms with E-state index in [0.29, 0.717) is 12.1 Å². The van der Waals surface area contributed by atoms with Crippen LogP contribution in [-0.2, 0) is 16.1 Å². The largest absolute Gasteiger partial charge is 0.478 e. The molecule has 1 heterocycles. The van der Waals surface area contributed by atoms with Gasteiger partial charge in [0.15, 0.2) is 0 Å². The molecule has 1 N–H and O–H groups in total. The molecule has 21 heavy (non-hydrogen) atoms. The fourth-order valence-electron chi connectivity index (χ4n) is 2.51. The maximum absolute atomic E-state index is 13.6. The van der Waals surface area contributed by atoms with E-state index in [1.54, 1.807) is 0 Å². The van der Waals surface area contributed by atoms with Gasteiger partial charge in [-0.05, 0) is 42.7 Å². The second-order valence-corrected chi connectivity index (χ2v) is 5.33. The first kappa shape index (κ1) is 15.7. The predicted octanol–water partition coefficient (Wildman–Crippen LogP) is 2.53. The van der Waals surface area contributed by atoms with E-state index >= 15 is 0 Å². The third kappa shape index (κ3) is 5.28. The zero-order chi connectivity index (χ0) is 15.2. The third-order valence-electron chi connectivity index (χ3n) is 3.34. The molecule has 0 bridgehead atoms. The second kappa shape index (κ2) is 7.33. The van der Waals surface area contributed by atoms with Gasteiger partial charge >= 0.3 is 5.97 Å². The Bertz CT molecular complexity index is 530. The van der Waals surface area contributed by atoms with E-state index in [9.17, 15) is 9.18 Å². The van der Waals surface area contributed by atoms with Crippen molar-refractivity contribution in [3.63, 3.8) is 0 Å². The molecule has 1 aliphatic rings. The molecule has 0 aromatic heterocycles. The summed E-state index contributed by atoms with van der Waals surface area (Å²) in [7, 11) is 0. The average molecular weight is 293 g/mol. The van der Waals surface area contributed by atoms with Gasteiger partial charge in [0.25, 0.3) is 0 Å². The Morgan fingerprint density at radius 1 is 1.52 bits per heavy atom. The maximum Gasteiger partial charge on any atom is 0.328 e. The standard InChI is InChI=1S/C16H20FNO3/c1-12-10-18(5-2-6-21-12)11-14-7-13(3-4-16(19)20)8-15(17)9-14/h3-4,7-9,12H,2,5-6,10-11H2,1H3,(H,19,20). The summed E-state index contributed by atoms with van der Waals surface area (Å²) in [5, 5.41) is 8.63. The van der Waals surface area contributed by atoms with Crippen LogP contribution in [0.1, 0.15) is 24.5 Å². The van der Waals surface area contributed by atoms with E-state index in [0.717, 1.165) is 37.8 Å². The summed E-state index contributed by atoms with van der Waals surface area (Å²) < 4.78 is 19.2. The number of aliphatic carboxylic acids is 1. The quantitative estimate of drug-likeness (QED) is 0.867. The van der Waals surface area contributed by atoms with Crippen LogP contribution in [0, 0.1) is 5.82 Å². The highest BCUT2D eigenvalue weighted by Crippen LogP contribution is 2.15. The molecular formula is C16H20FNO3. The smallest absolute Gasteiger partial charge is 0.328 e. The van der Waals surface area contributed by atoms with Crippen molar-refractivity contribution >= 4 is 12.0 Å². The van der Waals surface area contributed by atoms with Crippen LogP contribution >= 0.6 is 0 Å². The Kier molecular flexibility index (Phi) is 5.47. The van der Waals surface area contributed by atoms with Crippen molar-refractivity contribution in [2.45, 2.75) is 26.0 Å². The predicted molar refractivity (Wildman–Crippen MR) is 78.4 cm³/mol. The number of carbonyl (C=O) groups is 1. The fourth-order valence-corrected chi connectivity index (χ4v) is 2.51. The summed E-state index contributed by atoms with van der Waals surface area (Å²) in [4.78, 5) is 12.8. The Balaban J connectivity index is 2.10. The summed E-state index contributed by atoms with van der Waals surface area (Å²) in [5.74, 6) is -1.39. The number of benzene rings is 1. The second-order valence-electron chi connectivity index (χ2n) is 5.33. The fraction of sp³-hybridized carbons (Fsp3) is 0.438. The highest BCUT2D eigenvalue weighted by atomic mass is 19.1. The van der Waals surface area contributed by atoms with Crippen molar-refractivity contribution < 1.29 is 19.0 Å². The summed E-state index contributed by atoms with van der Waals surface area (Å²) in [6, 6.07) is 4.64. The van der Waals surface area contributed by atoms with Gasteiger partial charge in [-0.3, -0.25) is 4.90 Å². The number of nitrogens with zero attached hydrogens (tertiary/aromatic N) is 1. The summed E-state index contributed by atoms with van der Waals surface area (Å²) >= 11 is 0. The van der Waals surface area contributed by atoms with Crippen LogP contribution in [-0.4, -0.2) is 41.8 Å². The molecule has 0 radical (unpaired) electrons. The minimum Gasteiger partial charge on any atom is -0.478 e. The molecule has 1 aromatic carbocycles. The Labute approximate surface area is 123 Å². The van der Waals surface area contributed by atoms with E-state index in [1.165, 1.54) is 18.2 Å². The molecule has 2 rings (SSSR count). The molecule has 0 amide bonds. The molecule has 1 atom stereocenters. The van der Waals surface area contributed by atoms with Crippen molar-refractivity contribution in [1.29, 1.82) is 0 Å². The van der Waals surface area contributed by atoms with Crippen LogP contribution in [0.15, 0.2) is 24.3 Å². The highest BCUT2D eigenvalue weighted by molar-refractivity contribution is 5.85. The molecule has 1 saturated heterocycles. The van der Waals surface area contributed by atoms with Gasteiger partial charge in [-0.15, -0.1) is 0 Å². The first-order valence-corrected chi connectivity index (χ1v) is 7.07. The first-order valence-electron chi connectivity index (χ1n) is 7.07. The molecule has 1 aromatic rings. The van der Waals surface area contributed by atoms with Crippen LogP contribution in [0.3, 0.4) is 0 Å². The molecule has 0 aliphatic carbocycles. The van der Waals surface area contributed by atoms with E-state index in [4.69, 9.17) is 9.84 Å². The van der Waals surface area contributed by atoms with Gasteiger partial charge < -0.3 is 9.84 Å². The van der Waals surface area contributed by atoms with E-state index in [1.807, 2.05) is 13.0 Å². The zero-order valence-corrected chi connectivity index (χ0v) is 12.1. The molecule has 1 fully saturated rings. The lowest BCUT2D eigenvalue weighted by molar-refractivity contribution is -0.131. The van der Waals surface area contributed by atoms with Crippen molar-refractivity contribution in [3.8, 4) is 0 Å². The number of carboxylic acid groups (broad SMARTS) is 1. The molecule has 1 unspecified atom stereocenters. The lowest BCUT2D eigenvalue weighted by atomic mass is 10.1. The molecule has 1 aliphatic heterocycles. The minimum atomic E-state index is -1.04. The zero-order valence-electron chi connectivity index (χ0n) is 12.1. The number of hydrogen-bond acceptors (Lipinski definition) is 3. The number of ether oxygens (including phenoxy) is 1. The third-order valence-corrected chi connectivity index (χ3v) is 3.34. The lowest BCUT2D eigenvalue weighted by Gasteiger charge is -2.22. The van der Waals surface area contributed by atoms with Gasteiger partial charge in [0.2, 0.25) is 0 Å². The minimum absolute atomic E-state index is 0.174. The van der Waals surface area contributed by atoms with Crippen LogP contribution < -0.4 is 0 Å². The van der Waals surface area contributed by atoms with Gasteiger partial charge in [0, 0.05) is 32.3 Å². The molecule has 114 valence electrons. The highest BCUT2D eigenvalue weighted by Gasteiger charge is 2.15. The van der Waals surface area contributed by atoms with E-state index in [-0.39, 0.29) is 11.9 Å². The molecule has 5 heteroatoms. The van der Waals surface area contributed by atoms with Crippen molar-refractivity contribution in [3.05, 3.63) is 41.2 Å². The van der Waals surface area contributed by atoms with Gasteiger partial charge in [-0.25, -0.2) is 9.18 Å². The lowest BCUT2D eigenvalue weighted by Crippen LogP contribution is -2.29. The number of halogens is 1. The summed E-state index contributed by atoms with van der Waals surface area (Å²) in [5.41, 5.74) is 1.40. The number of rotatable bonds is 4. The molecule has 4 nitrogen and oxygen atoms in total. The SMILES string of the molecule is CC1CN(Cc2cc(F)cc(C=CC(=O)O)c2)CCCO1. The van der Waals surface area contributed by atoms with Crippen LogP contribution in [0.4, 0.5) is 4.39 Å². The van der Waals surface area contributed by atoms with Crippen LogP contribution in [0.2, 0.25) is 0 Å². The average Bonchev–Trinajstić information content (AvgIpc) is 2.60. The van der Waals surface area contributed by atoms with Crippen molar-refractivity contribution in [2.75, 3.05) is 19.7 Å². The first-order chi connectivity index (χ1) is 10.0. The number of hydrogen-bond donors (Lipinski definition) is 1. The Morgan fingerprint density at radius 2 is 2.33 bits per heavy atom. The molecule has 0 saturated carbocycles. The van der Waals surface area contributed by atoms with Gasteiger partial charge in [-0.1, -0.05) is 6.07 Å². The van der Waals surface area contributed by atoms with Gasteiger partial charge in [0.1, 0.15) is 5.82 Å². The van der Waals surface area contributed by atoms with E-state index in [2.05, 4.69) is 4.90 Å². The maximum atomic E-state index is 13.6. The van der Waals surface area contributed by atoms with Gasteiger partial charge in [0.05, 0.1) is 6.10 Å². The Morgan fingerprint density at radius 3 is 3.10 bits per heavy atom. The summed E-state index contributed by atoms with van der Waals surface area (Å²) in [6.45, 7) is 5.16. The van der Waals surface area contributed by atoms with E-state index < -0.39 is 5.97 Å². The number of carboxylic acids is 1. The topological polar surface area (TPSA) is 49.8 Å². The summed E-state index contributed by atoms with van der Waals surface area (Å²) in [6.07, 6.45) is 3.56. The van der Waals surface area contributed by atoms with Crippen molar-refractivity contribution in [1.82, 2.24) is 4.90 Å². The van der Waals surface area contributed by atoms with Crippen LogP contribution in [0.5, 0.6) is 0 Å². The normalized spacial score (nSPS) is 20.6.